The van der Waals surface area contributed by atoms with Gasteiger partial charge in [0.05, 0.1) is 24.3 Å². The first-order valence-electron chi connectivity index (χ1n) is 8.01. The van der Waals surface area contributed by atoms with Crippen molar-refractivity contribution in [2.24, 2.45) is 0 Å². The molecule has 5 heteroatoms. The highest BCUT2D eigenvalue weighted by molar-refractivity contribution is 6.21. The quantitative estimate of drug-likeness (QED) is 0.734. The first-order valence-corrected chi connectivity index (χ1v) is 8.01. The Hall–Kier alpha value is -2.82. The Morgan fingerprint density at radius 2 is 1.42 bits per heavy atom. The normalized spacial score (nSPS) is 13.1. The molecule has 0 saturated carbocycles. The highest BCUT2D eigenvalue weighted by atomic mass is 16.5. The van der Waals surface area contributed by atoms with Crippen LogP contribution in [0.25, 0.3) is 0 Å². The summed E-state index contributed by atoms with van der Waals surface area (Å²) in [6, 6.07) is 14.2. The van der Waals surface area contributed by atoms with Crippen LogP contribution in [0.3, 0.4) is 0 Å². The predicted octanol–water partition coefficient (Wildman–Crippen LogP) is 3.15. The van der Waals surface area contributed by atoms with Crippen molar-refractivity contribution in [3.05, 3.63) is 59.7 Å². The van der Waals surface area contributed by atoms with Gasteiger partial charge in [0, 0.05) is 6.07 Å². The first-order chi connectivity index (χ1) is 11.7. The van der Waals surface area contributed by atoms with Crippen LogP contribution < -0.4 is 9.47 Å². The Morgan fingerprint density at radius 3 is 2.00 bits per heavy atom. The van der Waals surface area contributed by atoms with E-state index in [1.54, 1.807) is 30.3 Å². The maximum atomic E-state index is 12.3. The second-order valence-electron chi connectivity index (χ2n) is 5.48. The molecule has 1 heterocycles. The summed E-state index contributed by atoms with van der Waals surface area (Å²) in [5.41, 5.74) is 0.912. The van der Waals surface area contributed by atoms with Gasteiger partial charge in [0.1, 0.15) is 18.1 Å². The van der Waals surface area contributed by atoms with Crippen molar-refractivity contribution in [1.29, 1.82) is 0 Å². The molecular formula is C19H19NO4. The van der Waals surface area contributed by atoms with Crippen LogP contribution >= 0.6 is 0 Å². The molecule has 124 valence electrons. The van der Waals surface area contributed by atoms with Crippen LogP contribution in [0.1, 0.15) is 34.1 Å². The number of rotatable bonds is 7. The van der Waals surface area contributed by atoms with Crippen LogP contribution in [0.4, 0.5) is 0 Å². The van der Waals surface area contributed by atoms with Crippen molar-refractivity contribution in [2.75, 3.05) is 19.8 Å². The van der Waals surface area contributed by atoms with Gasteiger partial charge in [-0.25, -0.2) is 0 Å². The maximum absolute atomic E-state index is 12.3. The number of fused-ring (bicyclic) bond motifs is 1. The van der Waals surface area contributed by atoms with Crippen molar-refractivity contribution in [3.8, 4) is 11.5 Å². The van der Waals surface area contributed by atoms with Crippen molar-refractivity contribution < 1.29 is 19.1 Å². The summed E-state index contributed by atoms with van der Waals surface area (Å²) in [6.07, 6.45) is 0.935. The fourth-order valence-corrected chi connectivity index (χ4v) is 2.57. The lowest BCUT2D eigenvalue weighted by Gasteiger charge is -2.14. The van der Waals surface area contributed by atoms with E-state index in [9.17, 15) is 9.59 Å². The summed E-state index contributed by atoms with van der Waals surface area (Å²) in [5, 5.41) is 0. The van der Waals surface area contributed by atoms with Crippen LogP contribution in [-0.4, -0.2) is 36.5 Å². The van der Waals surface area contributed by atoms with E-state index in [2.05, 4.69) is 0 Å². The van der Waals surface area contributed by atoms with E-state index >= 15 is 0 Å². The second-order valence-corrected chi connectivity index (χ2v) is 5.48. The summed E-state index contributed by atoms with van der Waals surface area (Å²) in [6.45, 7) is 3.15. The largest absolute Gasteiger partial charge is 0.493 e. The van der Waals surface area contributed by atoms with E-state index in [1.807, 2.05) is 25.1 Å². The summed E-state index contributed by atoms with van der Waals surface area (Å²) in [7, 11) is 0. The minimum absolute atomic E-state index is 0.215. The number of ether oxygens (including phenoxy) is 2. The van der Waals surface area contributed by atoms with Crippen LogP contribution in [-0.2, 0) is 0 Å². The molecule has 0 radical (unpaired) electrons. The van der Waals surface area contributed by atoms with Crippen LogP contribution in [0, 0.1) is 0 Å². The molecule has 0 saturated heterocycles. The lowest BCUT2D eigenvalue weighted by molar-refractivity contribution is 0.0631. The maximum Gasteiger partial charge on any atom is 0.261 e. The van der Waals surface area contributed by atoms with Gasteiger partial charge in [0.15, 0.2) is 0 Å². The number of imide groups is 1. The number of hydrogen-bond donors (Lipinski definition) is 0. The van der Waals surface area contributed by atoms with Crippen molar-refractivity contribution in [3.63, 3.8) is 0 Å². The monoisotopic (exact) mass is 325 g/mol. The summed E-state index contributed by atoms with van der Waals surface area (Å²) in [4.78, 5) is 25.7. The molecule has 0 atom stereocenters. The first kappa shape index (κ1) is 16.1. The van der Waals surface area contributed by atoms with Gasteiger partial charge in [-0.3, -0.25) is 14.5 Å². The molecular weight excluding hydrogens is 306 g/mol. The van der Waals surface area contributed by atoms with E-state index in [0.29, 0.717) is 23.5 Å². The van der Waals surface area contributed by atoms with E-state index in [0.717, 1.165) is 12.2 Å². The second kappa shape index (κ2) is 7.17. The van der Waals surface area contributed by atoms with E-state index in [4.69, 9.17) is 9.47 Å². The minimum atomic E-state index is -0.265. The molecule has 1 aliphatic rings. The lowest BCUT2D eigenvalue weighted by atomic mass is 10.1. The Balaban J connectivity index is 1.58. The fraction of sp³-hybridized carbons (Fsp3) is 0.263. The average Bonchev–Trinajstić information content (AvgIpc) is 2.86. The number of hydrogen-bond acceptors (Lipinski definition) is 4. The molecule has 0 fully saturated rings. The van der Waals surface area contributed by atoms with E-state index in [-0.39, 0.29) is 25.0 Å². The number of carbonyl (C=O) groups is 2. The Bertz CT molecular complexity index is 722. The Labute approximate surface area is 140 Å². The van der Waals surface area contributed by atoms with Gasteiger partial charge < -0.3 is 9.47 Å². The molecule has 0 bridgehead atoms. The number of benzene rings is 2. The van der Waals surface area contributed by atoms with E-state index < -0.39 is 0 Å². The Morgan fingerprint density at radius 1 is 0.833 bits per heavy atom. The SMILES string of the molecule is CCCOc1cccc(OCCN2C(=O)c3ccccc3C2=O)c1. The molecule has 2 amide bonds. The molecule has 0 aliphatic carbocycles. The van der Waals surface area contributed by atoms with Gasteiger partial charge >= 0.3 is 0 Å². The van der Waals surface area contributed by atoms with Crippen LogP contribution in [0.5, 0.6) is 11.5 Å². The predicted molar refractivity (Wildman–Crippen MR) is 89.5 cm³/mol. The lowest BCUT2D eigenvalue weighted by Crippen LogP contribution is -2.33. The molecule has 0 spiro atoms. The summed E-state index contributed by atoms with van der Waals surface area (Å²) >= 11 is 0. The van der Waals surface area contributed by atoms with Gasteiger partial charge in [-0.15, -0.1) is 0 Å². The zero-order chi connectivity index (χ0) is 16.9. The Kier molecular flexibility index (Phi) is 4.79. The zero-order valence-electron chi connectivity index (χ0n) is 13.5. The third-order valence-electron chi connectivity index (χ3n) is 3.74. The van der Waals surface area contributed by atoms with Crippen molar-refractivity contribution in [2.45, 2.75) is 13.3 Å². The van der Waals surface area contributed by atoms with Crippen molar-refractivity contribution >= 4 is 11.8 Å². The average molecular weight is 325 g/mol. The molecule has 2 aromatic carbocycles. The van der Waals surface area contributed by atoms with Crippen LogP contribution in [0.2, 0.25) is 0 Å². The van der Waals surface area contributed by atoms with E-state index in [1.165, 1.54) is 4.90 Å². The molecule has 0 aromatic heterocycles. The molecule has 5 nitrogen and oxygen atoms in total. The molecule has 0 N–H and O–H groups in total. The van der Waals surface area contributed by atoms with Gasteiger partial charge in [-0.2, -0.15) is 0 Å². The van der Waals surface area contributed by atoms with Crippen molar-refractivity contribution in [1.82, 2.24) is 4.90 Å². The number of nitrogens with zero attached hydrogens (tertiary/aromatic N) is 1. The molecule has 0 unspecified atom stereocenters. The smallest absolute Gasteiger partial charge is 0.261 e. The third-order valence-corrected chi connectivity index (χ3v) is 3.74. The number of amides is 2. The molecule has 24 heavy (non-hydrogen) atoms. The highest BCUT2D eigenvalue weighted by Crippen LogP contribution is 2.23. The third kappa shape index (κ3) is 3.25. The van der Waals surface area contributed by atoms with Gasteiger partial charge in [0.2, 0.25) is 0 Å². The summed E-state index contributed by atoms with van der Waals surface area (Å²) < 4.78 is 11.2. The van der Waals surface area contributed by atoms with Gasteiger partial charge in [0.25, 0.3) is 11.8 Å². The molecule has 3 rings (SSSR count). The zero-order valence-corrected chi connectivity index (χ0v) is 13.5. The fourth-order valence-electron chi connectivity index (χ4n) is 2.57. The molecule has 1 aliphatic heterocycles. The highest BCUT2D eigenvalue weighted by Gasteiger charge is 2.34. The topological polar surface area (TPSA) is 55.8 Å². The van der Waals surface area contributed by atoms with Gasteiger partial charge in [-0.05, 0) is 30.7 Å². The van der Waals surface area contributed by atoms with Crippen LogP contribution in [0.15, 0.2) is 48.5 Å². The minimum Gasteiger partial charge on any atom is -0.493 e. The number of carbonyl (C=O) groups excluding carboxylic acids is 2. The molecule has 2 aromatic rings. The standard InChI is InChI=1S/C19H19NO4/c1-2-11-23-14-6-5-7-15(13-14)24-12-10-20-18(21)16-8-3-4-9-17(16)19(20)22/h3-9,13H,2,10-12H2,1H3. The van der Waals surface area contributed by atoms with Gasteiger partial charge in [-0.1, -0.05) is 25.1 Å². The summed E-state index contributed by atoms with van der Waals surface area (Å²) in [5.74, 6) is 0.869.